The Kier molecular flexibility index (Phi) is 4.80. The zero-order valence-electron chi connectivity index (χ0n) is 11.6. The van der Waals surface area contributed by atoms with E-state index in [4.69, 9.17) is 5.11 Å². The van der Waals surface area contributed by atoms with Gasteiger partial charge in [-0.1, -0.05) is 6.42 Å². The highest BCUT2D eigenvalue weighted by atomic mass is 16.4. The second-order valence-corrected chi connectivity index (χ2v) is 5.69. The lowest BCUT2D eigenvalue weighted by Crippen LogP contribution is -2.44. The van der Waals surface area contributed by atoms with Crippen molar-refractivity contribution in [1.29, 1.82) is 0 Å². The van der Waals surface area contributed by atoms with Crippen LogP contribution in [0.5, 0.6) is 0 Å². The molecule has 19 heavy (non-hydrogen) atoms. The molecule has 0 aliphatic heterocycles. The summed E-state index contributed by atoms with van der Waals surface area (Å²) in [4.78, 5) is 25.0. The van der Waals surface area contributed by atoms with Crippen molar-refractivity contribution in [3.8, 4) is 0 Å². The molecule has 0 saturated heterocycles. The number of amides is 1. The fraction of sp³-hybridized carbons (Fsp3) is 0.857. The molecule has 2 atom stereocenters. The van der Waals surface area contributed by atoms with Gasteiger partial charge >= 0.3 is 5.97 Å². The molecule has 5 nitrogen and oxygen atoms in total. The van der Waals surface area contributed by atoms with E-state index in [1.54, 1.807) is 0 Å². The summed E-state index contributed by atoms with van der Waals surface area (Å²) in [7, 11) is 0. The number of carboxylic acid groups (broad SMARTS) is 1. The van der Waals surface area contributed by atoms with E-state index in [2.05, 4.69) is 5.32 Å². The number of aliphatic carboxylic acids is 1. The normalized spacial score (nSPS) is 27.0. The first-order valence-electron chi connectivity index (χ1n) is 7.37. The van der Waals surface area contributed by atoms with Gasteiger partial charge in [-0.25, -0.2) is 0 Å². The molecule has 0 aromatic heterocycles. The minimum absolute atomic E-state index is 0.155. The fourth-order valence-electron chi connectivity index (χ4n) is 2.96. The Hall–Kier alpha value is -1.10. The summed E-state index contributed by atoms with van der Waals surface area (Å²) in [6.45, 7) is 3.13. The molecule has 2 rings (SSSR count). The standard InChI is InChI=1S/C14H24N2O3/c1-2-16(12-6-7-12)13(17)9-15-11-5-3-4-10(8-11)14(18)19/h10-12,15H,2-9H2,1H3,(H,18,19). The monoisotopic (exact) mass is 268 g/mol. The number of carbonyl (C=O) groups is 2. The van der Waals surface area contributed by atoms with Crippen molar-refractivity contribution >= 4 is 11.9 Å². The van der Waals surface area contributed by atoms with E-state index < -0.39 is 5.97 Å². The van der Waals surface area contributed by atoms with Crippen LogP contribution in [0.2, 0.25) is 0 Å². The van der Waals surface area contributed by atoms with Crippen LogP contribution in [0.3, 0.4) is 0 Å². The zero-order chi connectivity index (χ0) is 13.8. The molecular formula is C14H24N2O3. The van der Waals surface area contributed by atoms with Gasteiger partial charge in [-0.2, -0.15) is 0 Å². The number of hydrogen-bond donors (Lipinski definition) is 2. The van der Waals surface area contributed by atoms with Crippen LogP contribution in [0, 0.1) is 5.92 Å². The predicted molar refractivity (Wildman–Crippen MR) is 71.8 cm³/mol. The largest absolute Gasteiger partial charge is 0.481 e. The van der Waals surface area contributed by atoms with Gasteiger partial charge in [-0.05, 0) is 39.0 Å². The van der Waals surface area contributed by atoms with Gasteiger partial charge in [0.2, 0.25) is 5.91 Å². The first kappa shape index (κ1) is 14.3. The zero-order valence-corrected chi connectivity index (χ0v) is 11.6. The molecule has 0 heterocycles. The van der Waals surface area contributed by atoms with Crippen molar-refractivity contribution in [2.75, 3.05) is 13.1 Å². The molecular weight excluding hydrogens is 244 g/mol. The average Bonchev–Trinajstić information content (AvgIpc) is 3.22. The second-order valence-electron chi connectivity index (χ2n) is 5.69. The van der Waals surface area contributed by atoms with Crippen molar-refractivity contribution in [2.24, 2.45) is 5.92 Å². The van der Waals surface area contributed by atoms with E-state index in [1.165, 1.54) is 0 Å². The molecule has 2 N–H and O–H groups in total. The molecule has 0 aromatic rings. The van der Waals surface area contributed by atoms with Gasteiger partial charge in [-0.3, -0.25) is 9.59 Å². The lowest BCUT2D eigenvalue weighted by Gasteiger charge is -2.28. The summed E-state index contributed by atoms with van der Waals surface area (Å²) in [5, 5.41) is 12.3. The molecule has 2 aliphatic carbocycles. The Bertz CT molecular complexity index is 342. The number of likely N-dealkylation sites (N-methyl/N-ethyl adjacent to an activating group) is 1. The Labute approximate surface area is 114 Å². The number of carboxylic acids is 1. The summed E-state index contributed by atoms with van der Waals surface area (Å²) < 4.78 is 0. The molecule has 2 unspecified atom stereocenters. The minimum Gasteiger partial charge on any atom is -0.481 e. The van der Waals surface area contributed by atoms with Gasteiger partial charge in [0.15, 0.2) is 0 Å². The molecule has 2 fully saturated rings. The van der Waals surface area contributed by atoms with Crippen molar-refractivity contribution in [1.82, 2.24) is 10.2 Å². The van der Waals surface area contributed by atoms with Crippen LogP contribution in [0.15, 0.2) is 0 Å². The fourth-order valence-corrected chi connectivity index (χ4v) is 2.96. The maximum Gasteiger partial charge on any atom is 0.306 e. The summed E-state index contributed by atoms with van der Waals surface area (Å²) in [6.07, 6.45) is 5.59. The summed E-state index contributed by atoms with van der Waals surface area (Å²) in [5.41, 5.74) is 0. The molecule has 1 amide bonds. The van der Waals surface area contributed by atoms with Gasteiger partial charge in [0.25, 0.3) is 0 Å². The number of carbonyl (C=O) groups excluding carboxylic acids is 1. The van der Waals surface area contributed by atoms with E-state index in [1.807, 2.05) is 11.8 Å². The highest BCUT2D eigenvalue weighted by molar-refractivity contribution is 5.79. The Morgan fingerprint density at radius 2 is 2.00 bits per heavy atom. The average molecular weight is 268 g/mol. The Balaban J connectivity index is 1.75. The molecule has 0 bridgehead atoms. The van der Waals surface area contributed by atoms with E-state index in [0.29, 0.717) is 19.0 Å². The van der Waals surface area contributed by atoms with Crippen molar-refractivity contribution in [3.63, 3.8) is 0 Å². The number of nitrogens with one attached hydrogen (secondary N) is 1. The van der Waals surface area contributed by atoms with E-state index in [0.717, 1.165) is 38.6 Å². The molecule has 5 heteroatoms. The molecule has 2 saturated carbocycles. The van der Waals surface area contributed by atoms with Crippen molar-refractivity contribution < 1.29 is 14.7 Å². The van der Waals surface area contributed by atoms with E-state index in [9.17, 15) is 9.59 Å². The van der Waals surface area contributed by atoms with Crippen LogP contribution in [0.1, 0.15) is 45.4 Å². The molecule has 0 radical (unpaired) electrons. The third kappa shape index (κ3) is 3.93. The van der Waals surface area contributed by atoms with Crippen LogP contribution in [-0.2, 0) is 9.59 Å². The van der Waals surface area contributed by atoms with Crippen LogP contribution < -0.4 is 5.32 Å². The lowest BCUT2D eigenvalue weighted by molar-refractivity contribution is -0.143. The number of rotatable bonds is 6. The van der Waals surface area contributed by atoms with Crippen molar-refractivity contribution in [2.45, 2.75) is 57.5 Å². The predicted octanol–water partition coefficient (Wildman–Crippen LogP) is 1.23. The third-order valence-electron chi connectivity index (χ3n) is 4.21. The van der Waals surface area contributed by atoms with Gasteiger partial charge in [0.1, 0.15) is 0 Å². The maximum atomic E-state index is 12.1. The summed E-state index contributed by atoms with van der Waals surface area (Å²) in [5.74, 6) is -0.791. The SMILES string of the molecule is CCN(C(=O)CNC1CCCC(C(=O)O)C1)C1CC1. The van der Waals surface area contributed by atoms with Gasteiger partial charge in [0, 0.05) is 18.6 Å². The van der Waals surface area contributed by atoms with Crippen LogP contribution in [0.25, 0.3) is 0 Å². The maximum absolute atomic E-state index is 12.1. The molecule has 0 spiro atoms. The van der Waals surface area contributed by atoms with E-state index >= 15 is 0 Å². The van der Waals surface area contributed by atoms with Gasteiger partial charge in [-0.15, -0.1) is 0 Å². The first-order chi connectivity index (χ1) is 9.11. The number of hydrogen-bond acceptors (Lipinski definition) is 3. The second kappa shape index (κ2) is 6.37. The van der Waals surface area contributed by atoms with Crippen molar-refractivity contribution in [3.05, 3.63) is 0 Å². The van der Waals surface area contributed by atoms with Crippen LogP contribution in [-0.4, -0.2) is 47.1 Å². The van der Waals surface area contributed by atoms with Crippen LogP contribution >= 0.6 is 0 Å². The Morgan fingerprint density at radius 1 is 1.26 bits per heavy atom. The quantitative estimate of drug-likeness (QED) is 0.760. The topological polar surface area (TPSA) is 69.6 Å². The van der Waals surface area contributed by atoms with Crippen LogP contribution in [0.4, 0.5) is 0 Å². The third-order valence-corrected chi connectivity index (χ3v) is 4.21. The molecule has 0 aromatic carbocycles. The summed E-state index contributed by atoms with van der Waals surface area (Å²) >= 11 is 0. The highest BCUT2D eigenvalue weighted by Crippen LogP contribution is 2.27. The smallest absolute Gasteiger partial charge is 0.306 e. The van der Waals surface area contributed by atoms with E-state index in [-0.39, 0.29) is 17.9 Å². The molecule has 108 valence electrons. The Morgan fingerprint density at radius 3 is 2.58 bits per heavy atom. The minimum atomic E-state index is -0.703. The number of nitrogens with zero attached hydrogens (tertiary/aromatic N) is 1. The van der Waals surface area contributed by atoms with Gasteiger partial charge in [0.05, 0.1) is 12.5 Å². The highest BCUT2D eigenvalue weighted by Gasteiger charge is 2.32. The molecule has 2 aliphatic rings. The summed E-state index contributed by atoms with van der Waals surface area (Å²) in [6, 6.07) is 0.633. The lowest BCUT2D eigenvalue weighted by atomic mass is 9.86. The first-order valence-corrected chi connectivity index (χ1v) is 7.37. The van der Waals surface area contributed by atoms with Gasteiger partial charge < -0.3 is 15.3 Å².